The molecule has 0 radical (unpaired) electrons. The van der Waals surface area contributed by atoms with E-state index in [0.717, 1.165) is 18.9 Å². The van der Waals surface area contributed by atoms with Crippen LogP contribution in [0.5, 0.6) is 0 Å². The van der Waals surface area contributed by atoms with E-state index in [-0.39, 0.29) is 0 Å². The molecule has 1 N–H and O–H groups in total. The van der Waals surface area contributed by atoms with Crippen molar-refractivity contribution in [3.63, 3.8) is 0 Å². The number of hydrogen-bond donors (Lipinski definition) is 1. The highest BCUT2D eigenvalue weighted by atomic mass is 15.2. The van der Waals surface area contributed by atoms with Crippen molar-refractivity contribution in [3.05, 3.63) is 18.6 Å². The zero-order valence-corrected chi connectivity index (χ0v) is 9.76. The van der Waals surface area contributed by atoms with Crippen LogP contribution in [0.3, 0.4) is 0 Å². The molecule has 1 aliphatic rings. The third kappa shape index (κ3) is 3.43. The maximum atomic E-state index is 4.17. The highest BCUT2D eigenvalue weighted by Gasteiger charge is 2.12. The standard InChI is InChI=1S/C11H19N5/c1-15-6-8-16(9-7-15)5-4-14-11-10-12-2-3-13-11/h2-3,10H,4-9H2,1H3,(H,13,14). The van der Waals surface area contributed by atoms with E-state index in [9.17, 15) is 0 Å². The van der Waals surface area contributed by atoms with Crippen LogP contribution < -0.4 is 5.32 Å². The molecule has 0 amide bonds. The predicted molar refractivity (Wildman–Crippen MR) is 64.5 cm³/mol. The maximum absolute atomic E-state index is 4.17. The van der Waals surface area contributed by atoms with Crippen molar-refractivity contribution in [3.8, 4) is 0 Å². The van der Waals surface area contributed by atoms with Gasteiger partial charge in [0.25, 0.3) is 0 Å². The Balaban J connectivity index is 1.65. The molecule has 5 heteroatoms. The summed E-state index contributed by atoms with van der Waals surface area (Å²) in [6.07, 6.45) is 5.15. The highest BCUT2D eigenvalue weighted by Crippen LogP contribution is 2.00. The fraction of sp³-hybridized carbons (Fsp3) is 0.636. The van der Waals surface area contributed by atoms with E-state index in [4.69, 9.17) is 0 Å². The molecule has 5 nitrogen and oxygen atoms in total. The van der Waals surface area contributed by atoms with Crippen LogP contribution in [-0.2, 0) is 0 Å². The van der Waals surface area contributed by atoms with Crippen molar-refractivity contribution in [2.75, 3.05) is 51.6 Å². The lowest BCUT2D eigenvalue weighted by Gasteiger charge is -2.32. The molecule has 1 aromatic heterocycles. The molecule has 0 spiro atoms. The number of nitrogens with zero attached hydrogens (tertiary/aromatic N) is 4. The first-order valence-corrected chi connectivity index (χ1v) is 5.75. The minimum atomic E-state index is 0.858. The van der Waals surface area contributed by atoms with Gasteiger partial charge in [0.1, 0.15) is 5.82 Å². The molecule has 2 heterocycles. The molecule has 1 fully saturated rings. The van der Waals surface area contributed by atoms with E-state index in [1.807, 2.05) is 0 Å². The smallest absolute Gasteiger partial charge is 0.144 e. The quantitative estimate of drug-likeness (QED) is 0.783. The van der Waals surface area contributed by atoms with Gasteiger partial charge in [-0.2, -0.15) is 0 Å². The van der Waals surface area contributed by atoms with Crippen LogP contribution in [0, 0.1) is 0 Å². The molecule has 16 heavy (non-hydrogen) atoms. The van der Waals surface area contributed by atoms with E-state index in [2.05, 4.69) is 32.1 Å². The molecule has 1 aromatic rings. The summed E-state index contributed by atoms with van der Waals surface area (Å²) in [4.78, 5) is 13.0. The van der Waals surface area contributed by atoms with Crippen LogP contribution in [0.15, 0.2) is 18.6 Å². The number of piperazine rings is 1. The summed E-state index contributed by atoms with van der Waals surface area (Å²) < 4.78 is 0. The fourth-order valence-electron chi connectivity index (χ4n) is 1.80. The van der Waals surface area contributed by atoms with Crippen molar-refractivity contribution < 1.29 is 0 Å². The van der Waals surface area contributed by atoms with Gasteiger partial charge in [-0.3, -0.25) is 9.88 Å². The topological polar surface area (TPSA) is 44.3 Å². The summed E-state index contributed by atoms with van der Waals surface area (Å²) in [7, 11) is 2.18. The number of nitrogens with one attached hydrogen (secondary N) is 1. The Morgan fingerprint density at radius 1 is 1.25 bits per heavy atom. The zero-order valence-electron chi connectivity index (χ0n) is 9.76. The van der Waals surface area contributed by atoms with Gasteiger partial charge in [-0.25, -0.2) is 4.98 Å². The van der Waals surface area contributed by atoms with E-state index in [0.29, 0.717) is 0 Å². The Bertz CT molecular complexity index is 295. The summed E-state index contributed by atoms with van der Waals surface area (Å²) in [6, 6.07) is 0. The largest absolute Gasteiger partial charge is 0.368 e. The Morgan fingerprint density at radius 2 is 2.06 bits per heavy atom. The second-order valence-corrected chi connectivity index (χ2v) is 4.16. The third-order valence-corrected chi connectivity index (χ3v) is 2.89. The maximum Gasteiger partial charge on any atom is 0.144 e. The average Bonchev–Trinajstić information content (AvgIpc) is 2.33. The lowest BCUT2D eigenvalue weighted by atomic mass is 10.3. The first-order chi connectivity index (χ1) is 7.84. The fourth-order valence-corrected chi connectivity index (χ4v) is 1.80. The van der Waals surface area contributed by atoms with Crippen LogP contribution in [0.25, 0.3) is 0 Å². The summed E-state index contributed by atoms with van der Waals surface area (Å²) in [6.45, 7) is 6.68. The molecule has 0 atom stereocenters. The molecule has 0 saturated carbocycles. The minimum absolute atomic E-state index is 0.858. The Kier molecular flexibility index (Phi) is 4.07. The van der Waals surface area contributed by atoms with Crippen LogP contribution in [0.4, 0.5) is 5.82 Å². The van der Waals surface area contributed by atoms with Crippen molar-refractivity contribution in [2.24, 2.45) is 0 Å². The van der Waals surface area contributed by atoms with Crippen LogP contribution in [-0.4, -0.2) is 66.1 Å². The molecular weight excluding hydrogens is 202 g/mol. The van der Waals surface area contributed by atoms with Crippen molar-refractivity contribution >= 4 is 5.82 Å². The first-order valence-electron chi connectivity index (χ1n) is 5.75. The minimum Gasteiger partial charge on any atom is -0.368 e. The molecule has 0 aliphatic carbocycles. The second-order valence-electron chi connectivity index (χ2n) is 4.16. The van der Waals surface area contributed by atoms with Crippen LogP contribution in [0.1, 0.15) is 0 Å². The van der Waals surface area contributed by atoms with Gasteiger partial charge in [0.2, 0.25) is 0 Å². The number of hydrogen-bond acceptors (Lipinski definition) is 5. The molecule has 2 rings (SSSR count). The Hall–Kier alpha value is -1.20. The van der Waals surface area contributed by atoms with E-state index >= 15 is 0 Å². The van der Waals surface area contributed by atoms with Crippen LogP contribution >= 0.6 is 0 Å². The van der Waals surface area contributed by atoms with Crippen molar-refractivity contribution in [2.45, 2.75) is 0 Å². The normalized spacial score (nSPS) is 18.6. The molecule has 88 valence electrons. The number of aromatic nitrogens is 2. The Labute approximate surface area is 96.5 Å². The third-order valence-electron chi connectivity index (χ3n) is 2.89. The van der Waals surface area contributed by atoms with Gasteiger partial charge < -0.3 is 10.2 Å². The lowest BCUT2D eigenvalue weighted by Crippen LogP contribution is -2.45. The summed E-state index contributed by atoms with van der Waals surface area (Å²) >= 11 is 0. The van der Waals surface area contributed by atoms with E-state index in [1.54, 1.807) is 18.6 Å². The van der Waals surface area contributed by atoms with Gasteiger partial charge >= 0.3 is 0 Å². The van der Waals surface area contributed by atoms with Gasteiger partial charge in [0.15, 0.2) is 0 Å². The molecule has 0 unspecified atom stereocenters. The van der Waals surface area contributed by atoms with Gasteiger partial charge in [0.05, 0.1) is 6.20 Å². The SMILES string of the molecule is CN1CCN(CCNc2cnccn2)CC1. The van der Waals surface area contributed by atoms with Gasteiger partial charge in [-0.15, -0.1) is 0 Å². The van der Waals surface area contributed by atoms with Crippen molar-refractivity contribution in [1.82, 2.24) is 19.8 Å². The lowest BCUT2D eigenvalue weighted by molar-refractivity contribution is 0.158. The number of likely N-dealkylation sites (N-methyl/N-ethyl adjacent to an activating group) is 1. The van der Waals surface area contributed by atoms with Gasteiger partial charge in [0, 0.05) is 51.7 Å². The van der Waals surface area contributed by atoms with Crippen molar-refractivity contribution in [1.29, 1.82) is 0 Å². The summed E-state index contributed by atoms with van der Waals surface area (Å²) in [5, 5.41) is 3.27. The monoisotopic (exact) mass is 221 g/mol. The van der Waals surface area contributed by atoms with Gasteiger partial charge in [-0.05, 0) is 7.05 Å². The van der Waals surface area contributed by atoms with E-state index < -0.39 is 0 Å². The molecular formula is C11H19N5. The number of anilines is 1. The summed E-state index contributed by atoms with van der Waals surface area (Å²) in [5.74, 6) is 0.858. The first kappa shape index (κ1) is 11.3. The second kappa shape index (κ2) is 5.77. The molecule has 1 saturated heterocycles. The highest BCUT2D eigenvalue weighted by molar-refractivity contribution is 5.29. The molecule has 0 aromatic carbocycles. The van der Waals surface area contributed by atoms with E-state index in [1.165, 1.54) is 26.2 Å². The zero-order chi connectivity index (χ0) is 11.2. The molecule has 1 aliphatic heterocycles. The number of rotatable bonds is 4. The summed E-state index contributed by atoms with van der Waals surface area (Å²) in [5.41, 5.74) is 0. The average molecular weight is 221 g/mol. The molecule has 0 bridgehead atoms. The Morgan fingerprint density at radius 3 is 2.75 bits per heavy atom. The van der Waals surface area contributed by atoms with Crippen LogP contribution in [0.2, 0.25) is 0 Å². The predicted octanol–water partition coefficient (Wildman–Crippen LogP) is 0.136. The van der Waals surface area contributed by atoms with Gasteiger partial charge in [-0.1, -0.05) is 0 Å².